The summed E-state index contributed by atoms with van der Waals surface area (Å²) < 4.78 is 2.66. The zero-order chi connectivity index (χ0) is 37.1. The Morgan fingerprint density at radius 1 is 0.784 bits per heavy atom. The smallest absolute Gasteiger partial charge is 0.162 e. The van der Waals surface area contributed by atoms with E-state index in [9.17, 15) is 9.90 Å². The van der Waals surface area contributed by atoms with Crippen molar-refractivity contribution in [3.05, 3.63) is 89.8 Å². The fraction of sp³-hybridized carbons (Fsp3) is 0.478. The minimum atomic E-state index is -0.0119. The molecular weight excluding hydrogens is 823 g/mol. The van der Waals surface area contributed by atoms with E-state index in [1.165, 1.54) is 42.8 Å². The van der Waals surface area contributed by atoms with Crippen LogP contribution in [0.3, 0.4) is 0 Å². The maximum Gasteiger partial charge on any atom is 0.162 e. The maximum absolute atomic E-state index is 12.3. The summed E-state index contributed by atoms with van der Waals surface area (Å²) in [5.74, 6) is 2.26. The Kier molecular flexibility index (Phi) is 14.8. The predicted molar refractivity (Wildman–Crippen MR) is 218 cm³/mol. The number of thiophene rings is 1. The Morgan fingerprint density at radius 2 is 1.35 bits per heavy atom. The van der Waals surface area contributed by atoms with E-state index in [-0.39, 0.29) is 48.9 Å². The van der Waals surface area contributed by atoms with Crippen molar-refractivity contribution in [3.8, 4) is 11.3 Å². The Hall–Kier alpha value is -2.85. The number of aliphatic hydroxyl groups excluding tert-OH is 1. The Labute approximate surface area is 325 Å². The van der Waals surface area contributed by atoms with Crippen molar-refractivity contribution in [1.29, 1.82) is 0 Å². The van der Waals surface area contributed by atoms with Gasteiger partial charge in [-0.1, -0.05) is 137 Å². The molecule has 5 rings (SSSR count). The van der Waals surface area contributed by atoms with Crippen LogP contribution in [0.2, 0.25) is 0 Å². The SMILES string of the molecule is CC(C)C(C(=O)/C=C(\O)C(C(C)C)C(C)C)C(C)C.CC(C)Cc1cccc2c1sc1c(-c3[c-]c4ccccc4c(C(C)(C)C)c3)nccc12.[Ir]. The standard InChI is InChI=1S/C29H28NS.C17H32O2.Ir/c1-18(2)15-20-10-8-12-23-24-13-14-30-26(28(24)31-27(20)23)21-16-19-9-6-7-11-22(19)25(17-21)29(3,4)5;1-10(2)16(11(3)4)14(18)9-15(19)17(12(5)6)13(7)8;/h6-14,17-18H,15H2,1-5H3;9-13,16-18H,1-8H3;/q-1;;/b;14-9-;. The molecule has 0 amide bonds. The second-order valence-corrected chi connectivity index (χ2v) is 17.9. The third-order valence-electron chi connectivity index (χ3n) is 9.80. The van der Waals surface area contributed by atoms with E-state index in [0.717, 1.165) is 23.1 Å². The van der Waals surface area contributed by atoms with Gasteiger partial charge in [-0.25, -0.2) is 0 Å². The van der Waals surface area contributed by atoms with E-state index in [1.54, 1.807) is 0 Å². The van der Waals surface area contributed by atoms with Gasteiger partial charge in [-0.05, 0) is 58.4 Å². The first kappa shape index (κ1) is 42.6. The molecule has 0 aliphatic carbocycles. The number of allylic oxidation sites excluding steroid dienone is 2. The molecule has 51 heavy (non-hydrogen) atoms. The summed E-state index contributed by atoms with van der Waals surface area (Å²) >= 11 is 1.89. The van der Waals surface area contributed by atoms with Crippen LogP contribution in [0.15, 0.2) is 72.6 Å². The second-order valence-electron chi connectivity index (χ2n) is 16.9. The monoisotopic (exact) mass is 883 g/mol. The molecule has 0 aliphatic rings. The van der Waals surface area contributed by atoms with Gasteiger partial charge in [0.2, 0.25) is 0 Å². The fourth-order valence-corrected chi connectivity index (χ4v) is 9.09. The number of carbonyl (C=O) groups is 1. The molecule has 0 fully saturated rings. The zero-order valence-electron chi connectivity index (χ0n) is 33.1. The first-order valence-corrected chi connectivity index (χ1v) is 19.4. The average Bonchev–Trinajstić information content (AvgIpc) is 3.39. The van der Waals surface area contributed by atoms with E-state index in [1.807, 2.05) is 17.5 Å². The number of rotatable bonds is 10. The maximum atomic E-state index is 12.3. The van der Waals surface area contributed by atoms with Crippen LogP contribution < -0.4 is 0 Å². The normalized spacial score (nSPS) is 12.7. The van der Waals surface area contributed by atoms with Crippen LogP contribution in [-0.4, -0.2) is 15.9 Å². The molecule has 5 aromatic rings. The predicted octanol–water partition coefficient (Wildman–Crippen LogP) is 13.4. The van der Waals surface area contributed by atoms with Crippen LogP contribution >= 0.6 is 11.3 Å². The molecule has 5 heteroatoms. The van der Waals surface area contributed by atoms with E-state index >= 15 is 0 Å². The molecule has 0 aliphatic heterocycles. The first-order valence-electron chi connectivity index (χ1n) is 18.6. The van der Waals surface area contributed by atoms with Crippen LogP contribution in [0.4, 0.5) is 0 Å². The van der Waals surface area contributed by atoms with Gasteiger partial charge in [0.1, 0.15) is 0 Å². The average molecular weight is 883 g/mol. The Morgan fingerprint density at radius 3 is 1.92 bits per heavy atom. The minimum Gasteiger partial charge on any atom is -0.512 e. The molecule has 0 unspecified atom stereocenters. The van der Waals surface area contributed by atoms with Crippen molar-refractivity contribution in [3.63, 3.8) is 0 Å². The largest absolute Gasteiger partial charge is 0.512 e. The van der Waals surface area contributed by atoms with Crippen molar-refractivity contribution in [2.45, 2.75) is 102 Å². The van der Waals surface area contributed by atoms with E-state index in [0.29, 0.717) is 29.6 Å². The number of hydrogen-bond acceptors (Lipinski definition) is 4. The number of aliphatic hydroxyl groups is 1. The van der Waals surface area contributed by atoms with Crippen molar-refractivity contribution >= 4 is 48.1 Å². The number of ketones is 1. The van der Waals surface area contributed by atoms with Gasteiger partial charge in [-0.2, -0.15) is 0 Å². The van der Waals surface area contributed by atoms with Crippen molar-refractivity contribution in [2.24, 2.45) is 41.4 Å². The summed E-state index contributed by atoms with van der Waals surface area (Å²) in [5, 5.41) is 15.4. The summed E-state index contributed by atoms with van der Waals surface area (Å²) in [6.07, 6.45) is 4.54. The van der Waals surface area contributed by atoms with Crippen molar-refractivity contribution < 1.29 is 30.0 Å². The molecule has 2 aromatic heterocycles. The number of carbonyl (C=O) groups excluding carboxylic acids is 1. The number of pyridine rings is 1. The Balaban J connectivity index is 0.000000306. The molecule has 1 N–H and O–H groups in total. The molecular formula is C46H60IrNO2S-. The number of nitrogens with zero attached hydrogens (tertiary/aromatic N) is 1. The van der Waals surface area contributed by atoms with Gasteiger partial charge in [-0.15, -0.1) is 40.5 Å². The molecule has 277 valence electrons. The number of benzene rings is 3. The Bertz CT molecular complexity index is 1940. The zero-order valence-corrected chi connectivity index (χ0v) is 36.4. The van der Waals surface area contributed by atoms with Crippen LogP contribution in [0.5, 0.6) is 0 Å². The molecule has 0 bridgehead atoms. The van der Waals surface area contributed by atoms with Gasteiger partial charge in [-0.3, -0.25) is 9.78 Å². The summed E-state index contributed by atoms with van der Waals surface area (Å²) in [6, 6.07) is 23.5. The molecule has 3 aromatic carbocycles. The molecule has 1 radical (unpaired) electrons. The van der Waals surface area contributed by atoms with Crippen LogP contribution in [0.1, 0.15) is 101 Å². The van der Waals surface area contributed by atoms with Gasteiger partial charge in [0, 0.05) is 64.7 Å². The number of fused-ring (bicyclic) bond motifs is 4. The number of hydrogen-bond donors (Lipinski definition) is 1. The summed E-state index contributed by atoms with van der Waals surface area (Å²) in [5.41, 5.74) is 4.97. The van der Waals surface area contributed by atoms with Gasteiger partial charge >= 0.3 is 0 Å². The minimum absolute atomic E-state index is 0. The molecule has 0 atom stereocenters. The third-order valence-corrected chi connectivity index (χ3v) is 11.1. The van der Waals surface area contributed by atoms with E-state index in [4.69, 9.17) is 4.98 Å². The van der Waals surface area contributed by atoms with Crippen molar-refractivity contribution in [2.75, 3.05) is 0 Å². The quantitative estimate of drug-likeness (QED) is 0.0864. The molecule has 0 spiro atoms. The van der Waals surface area contributed by atoms with Crippen LogP contribution in [-0.2, 0) is 36.7 Å². The fourth-order valence-electron chi connectivity index (χ4n) is 7.77. The summed E-state index contributed by atoms with van der Waals surface area (Å²) in [6.45, 7) is 28.0. The molecule has 2 heterocycles. The van der Waals surface area contributed by atoms with Gasteiger partial charge in [0.15, 0.2) is 5.78 Å². The van der Waals surface area contributed by atoms with Gasteiger partial charge in [0.25, 0.3) is 0 Å². The van der Waals surface area contributed by atoms with Gasteiger partial charge < -0.3 is 5.11 Å². The molecule has 0 saturated heterocycles. The van der Waals surface area contributed by atoms with Crippen LogP contribution in [0.25, 0.3) is 42.2 Å². The second kappa shape index (κ2) is 17.8. The van der Waals surface area contributed by atoms with Crippen LogP contribution in [0, 0.1) is 47.5 Å². The number of aromatic nitrogens is 1. The third kappa shape index (κ3) is 9.98. The molecule has 3 nitrogen and oxygen atoms in total. The van der Waals surface area contributed by atoms with Gasteiger partial charge in [0.05, 0.1) is 5.76 Å². The molecule has 0 saturated carbocycles. The summed E-state index contributed by atoms with van der Waals surface area (Å²) in [4.78, 5) is 17.2. The summed E-state index contributed by atoms with van der Waals surface area (Å²) in [7, 11) is 0. The first-order chi connectivity index (χ1) is 23.4. The van der Waals surface area contributed by atoms with E-state index in [2.05, 4.69) is 151 Å². The van der Waals surface area contributed by atoms with Crippen molar-refractivity contribution in [1.82, 2.24) is 4.98 Å². The van der Waals surface area contributed by atoms with E-state index < -0.39 is 0 Å². The topological polar surface area (TPSA) is 50.2 Å².